The van der Waals surface area contributed by atoms with Crippen molar-refractivity contribution in [1.82, 2.24) is 40.4 Å². The molecule has 266 valence electrons. The van der Waals surface area contributed by atoms with Gasteiger partial charge in [0.05, 0.1) is 49.2 Å². The van der Waals surface area contributed by atoms with Crippen LogP contribution in [0.15, 0.2) is 48.7 Å². The second-order valence-corrected chi connectivity index (χ2v) is 12.7. The zero-order valence-corrected chi connectivity index (χ0v) is 29.1. The first-order valence-corrected chi connectivity index (χ1v) is 17.2. The summed E-state index contributed by atoms with van der Waals surface area (Å²) in [5.41, 5.74) is 5.05. The van der Waals surface area contributed by atoms with Crippen molar-refractivity contribution in [1.29, 1.82) is 0 Å². The molecule has 0 aliphatic carbocycles. The van der Waals surface area contributed by atoms with Crippen molar-refractivity contribution in [2.24, 2.45) is 0 Å². The summed E-state index contributed by atoms with van der Waals surface area (Å²) in [4.78, 5) is 69.4. The van der Waals surface area contributed by atoms with Crippen LogP contribution in [0.1, 0.15) is 80.8 Å². The van der Waals surface area contributed by atoms with Crippen LogP contribution < -0.4 is 10.6 Å². The molecule has 4 N–H and O–H groups in total. The summed E-state index contributed by atoms with van der Waals surface area (Å²) >= 11 is 0. The van der Waals surface area contributed by atoms with Gasteiger partial charge in [0.25, 0.3) is 0 Å². The van der Waals surface area contributed by atoms with E-state index in [-0.39, 0.29) is 23.9 Å². The van der Waals surface area contributed by atoms with Crippen molar-refractivity contribution in [3.63, 3.8) is 0 Å². The Balaban J connectivity index is 1.11. The number of carbonyl (C=O) groups excluding carboxylic acids is 4. The molecular formula is C37H42N8O6. The third kappa shape index (κ3) is 7.67. The highest BCUT2D eigenvalue weighted by Gasteiger charge is 2.36. The van der Waals surface area contributed by atoms with Gasteiger partial charge in [-0.2, -0.15) is 0 Å². The number of amides is 4. The minimum atomic E-state index is -0.710. The van der Waals surface area contributed by atoms with E-state index in [0.717, 1.165) is 59.1 Å². The summed E-state index contributed by atoms with van der Waals surface area (Å²) < 4.78 is 9.33. The third-order valence-electron chi connectivity index (χ3n) is 9.42. The summed E-state index contributed by atoms with van der Waals surface area (Å²) in [7, 11) is 2.54. The molecule has 4 aromatic rings. The van der Waals surface area contributed by atoms with Crippen LogP contribution in [0.3, 0.4) is 0 Å². The number of nitrogens with one attached hydrogen (secondary N) is 4. The predicted molar refractivity (Wildman–Crippen MR) is 188 cm³/mol. The standard InChI is InChI=1S/C37H42N8O6/c1-5-26(43-37(49)51-4)35(47)45-19-7-9-31(45)33-40-27-17-14-24(20-28(27)41-33)11-10-23-12-15-25(16-13-23)29-21-38-32(42-29)30-8-6-18-44(30)34(46)22(2)39-36(48)50-3/h12-17,20-22,26,30-31H,5-9,18-19H2,1-4H3,(H,38,42)(H,39,48)(H,40,41)(H,43,49)/t22?,26-,30-,31-/m0/s1. The summed E-state index contributed by atoms with van der Waals surface area (Å²) in [5, 5.41) is 5.18. The molecule has 4 heterocycles. The number of aromatic nitrogens is 4. The fraction of sp³-hybridized carbons (Fsp3) is 0.405. The van der Waals surface area contributed by atoms with Crippen LogP contribution in [0, 0.1) is 11.8 Å². The van der Waals surface area contributed by atoms with Crippen LogP contribution >= 0.6 is 0 Å². The minimum absolute atomic E-state index is 0.148. The lowest BCUT2D eigenvalue weighted by atomic mass is 10.1. The van der Waals surface area contributed by atoms with Gasteiger partial charge in [0, 0.05) is 24.2 Å². The van der Waals surface area contributed by atoms with E-state index in [9.17, 15) is 19.2 Å². The Morgan fingerprint density at radius 2 is 1.49 bits per heavy atom. The Bertz CT molecular complexity index is 1980. The zero-order valence-electron chi connectivity index (χ0n) is 29.1. The molecule has 0 saturated carbocycles. The van der Waals surface area contributed by atoms with E-state index in [0.29, 0.717) is 31.2 Å². The topological polar surface area (TPSA) is 175 Å². The van der Waals surface area contributed by atoms with Gasteiger partial charge in [-0.25, -0.2) is 19.6 Å². The Labute approximate surface area is 295 Å². The number of ether oxygens (including phenoxy) is 2. The molecule has 14 heteroatoms. The lowest BCUT2D eigenvalue weighted by Gasteiger charge is -2.27. The van der Waals surface area contributed by atoms with Crippen molar-refractivity contribution in [2.75, 3.05) is 27.3 Å². The molecule has 4 amide bonds. The van der Waals surface area contributed by atoms with E-state index in [1.165, 1.54) is 14.2 Å². The number of nitrogens with zero attached hydrogens (tertiary/aromatic N) is 4. The van der Waals surface area contributed by atoms with E-state index < -0.39 is 24.3 Å². The fourth-order valence-corrected chi connectivity index (χ4v) is 6.71. The van der Waals surface area contributed by atoms with Crippen LogP contribution in [-0.4, -0.2) is 93.1 Å². The lowest BCUT2D eigenvalue weighted by molar-refractivity contribution is -0.135. The number of hydrogen-bond donors (Lipinski definition) is 4. The molecule has 0 spiro atoms. The van der Waals surface area contributed by atoms with Crippen molar-refractivity contribution < 1.29 is 28.7 Å². The van der Waals surface area contributed by atoms with Gasteiger partial charge in [-0.15, -0.1) is 0 Å². The first kappa shape index (κ1) is 35.0. The number of alkyl carbamates (subject to hydrolysis) is 2. The smallest absolute Gasteiger partial charge is 0.407 e. The molecule has 6 rings (SSSR count). The first-order chi connectivity index (χ1) is 24.7. The largest absolute Gasteiger partial charge is 0.453 e. The Hall–Kier alpha value is -5.84. The maximum Gasteiger partial charge on any atom is 0.407 e. The van der Waals surface area contributed by atoms with E-state index in [1.54, 1.807) is 22.9 Å². The van der Waals surface area contributed by atoms with Gasteiger partial charge in [-0.05, 0) is 74.9 Å². The number of carbonyl (C=O) groups is 4. The van der Waals surface area contributed by atoms with Crippen molar-refractivity contribution in [3.8, 4) is 23.1 Å². The second-order valence-electron chi connectivity index (χ2n) is 12.7. The highest BCUT2D eigenvalue weighted by molar-refractivity contribution is 5.87. The lowest BCUT2D eigenvalue weighted by Crippen LogP contribution is -2.48. The zero-order chi connectivity index (χ0) is 36.1. The normalized spacial score (nSPS) is 18.1. The third-order valence-corrected chi connectivity index (χ3v) is 9.42. The van der Waals surface area contributed by atoms with Gasteiger partial charge in [0.2, 0.25) is 11.8 Å². The summed E-state index contributed by atoms with van der Waals surface area (Å²) in [6, 6.07) is 11.9. The highest BCUT2D eigenvalue weighted by atomic mass is 16.5. The van der Waals surface area contributed by atoms with Crippen LogP contribution in [0.25, 0.3) is 22.3 Å². The highest BCUT2D eigenvalue weighted by Crippen LogP contribution is 2.33. The number of hydrogen-bond acceptors (Lipinski definition) is 8. The van der Waals surface area contributed by atoms with Crippen LogP contribution in [-0.2, 0) is 19.1 Å². The van der Waals surface area contributed by atoms with E-state index >= 15 is 0 Å². The Morgan fingerprint density at radius 1 is 0.863 bits per heavy atom. The molecule has 2 aromatic heterocycles. The monoisotopic (exact) mass is 694 g/mol. The number of benzene rings is 2. The van der Waals surface area contributed by atoms with Gasteiger partial charge < -0.3 is 39.9 Å². The quantitative estimate of drug-likeness (QED) is 0.194. The number of aromatic amines is 2. The molecule has 51 heavy (non-hydrogen) atoms. The summed E-state index contributed by atoms with van der Waals surface area (Å²) in [6.07, 6.45) is 4.18. The fourth-order valence-electron chi connectivity index (χ4n) is 6.71. The second kappa shape index (κ2) is 15.4. The van der Waals surface area contributed by atoms with Crippen LogP contribution in [0.5, 0.6) is 0 Å². The van der Waals surface area contributed by atoms with Gasteiger partial charge in [0.1, 0.15) is 23.7 Å². The van der Waals surface area contributed by atoms with Gasteiger partial charge in [-0.1, -0.05) is 30.9 Å². The number of likely N-dealkylation sites (tertiary alicyclic amines) is 2. The first-order valence-electron chi connectivity index (χ1n) is 17.2. The Morgan fingerprint density at radius 3 is 2.18 bits per heavy atom. The number of imidazole rings is 2. The van der Waals surface area contributed by atoms with Crippen LogP contribution in [0.2, 0.25) is 0 Å². The number of rotatable bonds is 8. The van der Waals surface area contributed by atoms with E-state index in [2.05, 4.69) is 42.2 Å². The number of methoxy groups -OCH3 is 2. The molecule has 2 aromatic carbocycles. The van der Waals surface area contributed by atoms with Gasteiger partial charge >= 0.3 is 12.2 Å². The maximum absolute atomic E-state index is 13.3. The Kier molecular flexibility index (Phi) is 10.5. The van der Waals surface area contributed by atoms with E-state index in [1.807, 2.05) is 49.4 Å². The molecule has 1 unspecified atom stereocenters. The molecule has 0 bridgehead atoms. The average molecular weight is 695 g/mol. The van der Waals surface area contributed by atoms with Crippen molar-refractivity contribution in [2.45, 2.75) is 70.1 Å². The summed E-state index contributed by atoms with van der Waals surface area (Å²) in [5.74, 6) is 7.56. The number of H-pyrrole nitrogens is 2. The molecule has 4 atom stereocenters. The van der Waals surface area contributed by atoms with E-state index in [4.69, 9.17) is 9.72 Å². The molecular weight excluding hydrogens is 652 g/mol. The van der Waals surface area contributed by atoms with Gasteiger partial charge in [0.15, 0.2) is 0 Å². The van der Waals surface area contributed by atoms with Crippen molar-refractivity contribution >= 4 is 35.0 Å². The maximum atomic E-state index is 13.3. The molecule has 2 fully saturated rings. The van der Waals surface area contributed by atoms with Crippen LogP contribution in [0.4, 0.5) is 9.59 Å². The predicted octanol–water partition coefficient (Wildman–Crippen LogP) is 4.56. The molecule has 2 saturated heterocycles. The molecule has 14 nitrogen and oxygen atoms in total. The molecule has 2 aliphatic heterocycles. The molecule has 0 radical (unpaired) electrons. The summed E-state index contributed by atoms with van der Waals surface area (Å²) in [6.45, 7) is 4.68. The number of fused-ring (bicyclic) bond motifs is 1. The SMILES string of the molecule is CC[C@H](NC(=O)OC)C(=O)N1CCC[C@H]1c1nc2ccc(C#Cc3ccc(-c4cnc([C@@H]5CCCN5C(=O)C(C)NC(=O)OC)[nH]4)cc3)cc2[nH]1. The van der Waals surface area contributed by atoms with Gasteiger partial charge in [-0.3, -0.25) is 9.59 Å². The average Bonchev–Trinajstić information content (AvgIpc) is 3.98. The van der Waals surface area contributed by atoms with Crippen molar-refractivity contribution in [3.05, 3.63) is 71.4 Å². The molecule has 2 aliphatic rings. The minimum Gasteiger partial charge on any atom is -0.453 e.